The summed E-state index contributed by atoms with van der Waals surface area (Å²) >= 11 is 0. The van der Waals surface area contributed by atoms with Gasteiger partial charge in [0.15, 0.2) is 5.58 Å². The number of fused-ring (bicyclic) bond motifs is 13. The molecular weight excluding hydrogens is 601 g/mol. The number of para-hydroxylation sites is 6. The van der Waals surface area contributed by atoms with Crippen molar-refractivity contribution in [2.45, 2.75) is 0 Å². The highest BCUT2D eigenvalue weighted by atomic mass is 16.3. The number of benzene rings is 7. The van der Waals surface area contributed by atoms with Crippen molar-refractivity contribution in [1.82, 2.24) is 18.7 Å². The Bertz CT molecular complexity index is 3120. The zero-order chi connectivity index (χ0) is 32.2. The predicted octanol–water partition coefficient (Wildman–Crippen LogP) is 11.3. The van der Waals surface area contributed by atoms with Gasteiger partial charge in [0.05, 0.1) is 33.1 Å². The first kappa shape index (κ1) is 26.5. The molecule has 7 aromatic carbocycles. The maximum Gasteiger partial charge on any atom is 0.160 e. The van der Waals surface area contributed by atoms with Crippen LogP contribution in [0, 0.1) is 0 Å². The molecule has 4 aromatic heterocycles. The van der Waals surface area contributed by atoms with E-state index in [2.05, 4.69) is 166 Å². The normalized spacial score (nSPS) is 12.2. The lowest BCUT2D eigenvalue weighted by Crippen LogP contribution is -1.98. The van der Waals surface area contributed by atoms with Crippen LogP contribution in [0.1, 0.15) is 0 Å². The summed E-state index contributed by atoms with van der Waals surface area (Å²) in [5.41, 5.74) is 11.7. The standard InChI is InChI=1S/C44H28N4O/c1-46-36-24-11-8-21-33(36)45-44(46)27-14-13-17-29(26-27)48-34-22-9-5-18-30(34)38-39-32-20-7-12-25-37(32)49-43(39)42-40(41(38)48)31-19-6-10-23-35(31)47(42)28-15-3-2-4-16-28/h2-26H,1H3. The van der Waals surface area contributed by atoms with Gasteiger partial charge in [-0.1, -0.05) is 97.1 Å². The fraction of sp³-hybridized carbons (Fsp3) is 0.0227. The molecule has 0 radical (unpaired) electrons. The summed E-state index contributed by atoms with van der Waals surface area (Å²) < 4.78 is 13.9. The predicted molar refractivity (Wildman–Crippen MR) is 202 cm³/mol. The van der Waals surface area contributed by atoms with E-state index in [-0.39, 0.29) is 0 Å². The lowest BCUT2D eigenvalue weighted by molar-refractivity contribution is 0.671. The van der Waals surface area contributed by atoms with Gasteiger partial charge in [-0.15, -0.1) is 0 Å². The van der Waals surface area contributed by atoms with Crippen LogP contribution in [0.25, 0.3) is 99.3 Å². The Labute approximate surface area is 280 Å². The topological polar surface area (TPSA) is 40.8 Å². The molecule has 11 aromatic rings. The summed E-state index contributed by atoms with van der Waals surface area (Å²) in [5, 5.41) is 7.01. The highest BCUT2D eigenvalue weighted by molar-refractivity contribution is 6.39. The van der Waals surface area contributed by atoms with Crippen LogP contribution < -0.4 is 0 Å². The molecule has 0 aliphatic rings. The smallest absolute Gasteiger partial charge is 0.160 e. The Hall–Kier alpha value is -6.59. The van der Waals surface area contributed by atoms with Gasteiger partial charge in [-0.3, -0.25) is 0 Å². The first-order chi connectivity index (χ1) is 24.3. The van der Waals surface area contributed by atoms with E-state index in [1.165, 1.54) is 27.1 Å². The van der Waals surface area contributed by atoms with E-state index in [0.29, 0.717) is 0 Å². The molecule has 0 N–H and O–H groups in total. The first-order valence-corrected chi connectivity index (χ1v) is 16.6. The van der Waals surface area contributed by atoms with E-state index in [4.69, 9.17) is 9.40 Å². The van der Waals surface area contributed by atoms with E-state index in [9.17, 15) is 0 Å². The second-order valence-corrected chi connectivity index (χ2v) is 12.8. The number of nitrogens with zero attached hydrogens (tertiary/aromatic N) is 4. The van der Waals surface area contributed by atoms with Crippen molar-refractivity contribution in [3.63, 3.8) is 0 Å². The third kappa shape index (κ3) is 3.51. The van der Waals surface area contributed by atoms with Gasteiger partial charge in [0, 0.05) is 56.3 Å². The molecule has 0 aliphatic carbocycles. The van der Waals surface area contributed by atoms with Crippen LogP contribution >= 0.6 is 0 Å². The fourth-order valence-electron chi connectivity index (χ4n) is 8.19. The third-order valence-corrected chi connectivity index (χ3v) is 10.2. The van der Waals surface area contributed by atoms with Crippen LogP contribution in [0.2, 0.25) is 0 Å². The summed E-state index contributed by atoms with van der Waals surface area (Å²) in [6, 6.07) is 53.8. The van der Waals surface area contributed by atoms with Gasteiger partial charge in [-0.05, 0) is 54.6 Å². The van der Waals surface area contributed by atoms with E-state index in [0.717, 1.165) is 72.3 Å². The maximum atomic E-state index is 6.91. The average molecular weight is 629 g/mol. The molecular formula is C44H28N4O. The van der Waals surface area contributed by atoms with Crippen molar-refractivity contribution < 1.29 is 4.42 Å². The minimum atomic E-state index is 0.886. The highest BCUT2D eigenvalue weighted by Gasteiger charge is 2.27. The van der Waals surface area contributed by atoms with Crippen molar-refractivity contribution >= 4 is 76.6 Å². The van der Waals surface area contributed by atoms with Crippen molar-refractivity contribution in [2.75, 3.05) is 0 Å². The molecule has 4 heterocycles. The van der Waals surface area contributed by atoms with E-state index in [1.807, 2.05) is 6.07 Å². The number of hydrogen-bond acceptors (Lipinski definition) is 2. The van der Waals surface area contributed by atoms with Gasteiger partial charge < -0.3 is 18.1 Å². The first-order valence-electron chi connectivity index (χ1n) is 16.6. The lowest BCUT2D eigenvalue weighted by Gasteiger charge is -2.12. The van der Waals surface area contributed by atoms with Crippen molar-refractivity contribution in [3.05, 3.63) is 152 Å². The monoisotopic (exact) mass is 628 g/mol. The number of furan rings is 1. The molecule has 11 rings (SSSR count). The van der Waals surface area contributed by atoms with E-state index in [1.54, 1.807) is 0 Å². The Morgan fingerprint density at radius 3 is 1.88 bits per heavy atom. The summed E-state index contributed by atoms with van der Waals surface area (Å²) in [6.45, 7) is 0. The maximum absolute atomic E-state index is 6.91. The molecule has 0 atom stereocenters. The van der Waals surface area contributed by atoms with E-state index < -0.39 is 0 Å². The van der Waals surface area contributed by atoms with Crippen molar-refractivity contribution in [2.24, 2.45) is 7.05 Å². The minimum Gasteiger partial charge on any atom is -0.454 e. The number of aromatic nitrogens is 4. The second kappa shape index (κ2) is 9.72. The molecule has 0 saturated carbocycles. The SMILES string of the molecule is Cn1c(-c2cccc(-n3c4ccccc4c4c5c6ccccc6oc5c5c(c6ccccc6n5-c5ccccc5)c43)c2)nc2ccccc21. The largest absolute Gasteiger partial charge is 0.454 e. The Balaban J connectivity index is 1.37. The number of rotatable bonds is 3. The number of aryl methyl sites for hydroxylation is 1. The molecule has 0 fully saturated rings. The second-order valence-electron chi connectivity index (χ2n) is 12.8. The quantitative estimate of drug-likeness (QED) is 0.195. The molecule has 5 nitrogen and oxygen atoms in total. The molecule has 230 valence electrons. The van der Waals surface area contributed by atoms with Crippen molar-refractivity contribution in [1.29, 1.82) is 0 Å². The van der Waals surface area contributed by atoms with Crippen LogP contribution in [0.15, 0.2) is 156 Å². The van der Waals surface area contributed by atoms with Gasteiger partial charge in [-0.25, -0.2) is 4.98 Å². The van der Waals surface area contributed by atoms with Gasteiger partial charge in [0.25, 0.3) is 0 Å². The highest BCUT2D eigenvalue weighted by Crippen LogP contribution is 2.49. The zero-order valence-electron chi connectivity index (χ0n) is 26.6. The fourth-order valence-corrected chi connectivity index (χ4v) is 8.19. The molecule has 49 heavy (non-hydrogen) atoms. The van der Waals surface area contributed by atoms with E-state index >= 15 is 0 Å². The van der Waals surface area contributed by atoms with Crippen LogP contribution in [-0.4, -0.2) is 18.7 Å². The molecule has 0 unspecified atom stereocenters. The average Bonchev–Trinajstić information content (AvgIpc) is 3.90. The van der Waals surface area contributed by atoms with Crippen LogP contribution in [0.5, 0.6) is 0 Å². The van der Waals surface area contributed by atoms with Crippen LogP contribution in [0.4, 0.5) is 0 Å². The van der Waals surface area contributed by atoms with Gasteiger partial charge in [-0.2, -0.15) is 0 Å². The summed E-state index contributed by atoms with van der Waals surface area (Å²) in [6.07, 6.45) is 0. The Kier molecular flexibility index (Phi) is 5.25. The Morgan fingerprint density at radius 2 is 1.10 bits per heavy atom. The molecule has 0 bridgehead atoms. The molecule has 0 amide bonds. The zero-order valence-corrected chi connectivity index (χ0v) is 26.6. The molecule has 5 heteroatoms. The third-order valence-electron chi connectivity index (χ3n) is 10.2. The number of imidazole rings is 1. The lowest BCUT2D eigenvalue weighted by atomic mass is 10.0. The van der Waals surface area contributed by atoms with Gasteiger partial charge in [0.2, 0.25) is 0 Å². The summed E-state index contributed by atoms with van der Waals surface area (Å²) in [7, 11) is 2.10. The molecule has 0 spiro atoms. The van der Waals surface area contributed by atoms with Gasteiger partial charge in [0.1, 0.15) is 11.4 Å². The van der Waals surface area contributed by atoms with Crippen LogP contribution in [0.3, 0.4) is 0 Å². The summed E-state index contributed by atoms with van der Waals surface area (Å²) in [5.74, 6) is 0.942. The molecule has 0 saturated heterocycles. The van der Waals surface area contributed by atoms with Gasteiger partial charge >= 0.3 is 0 Å². The molecule has 0 aliphatic heterocycles. The minimum absolute atomic E-state index is 0.886. The van der Waals surface area contributed by atoms with Crippen LogP contribution in [-0.2, 0) is 7.05 Å². The summed E-state index contributed by atoms with van der Waals surface area (Å²) in [4.78, 5) is 5.06. The Morgan fingerprint density at radius 1 is 0.490 bits per heavy atom. The van der Waals surface area contributed by atoms with Crippen molar-refractivity contribution in [3.8, 4) is 22.8 Å². The number of hydrogen-bond donors (Lipinski definition) is 0.